The highest BCUT2D eigenvalue weighted by Gasteiger charge is 2.16. The molecule has 15 heavy (non-hydrogen) atoms. The van der Waals surface area contributed by atoms with Gasteiger partial charge in [-0.15, -0.1) is 0 Å². The van der Waals surface area contributed by atoms with Gasteiger partial charge in [0.25, 0.3) is 0 Å². The van der Waals surface area contributed by atoms with E-state index in [2.05, 4.69) is 30.7 Å². The van der Waals surface area contributed by atoms with Gasteiger partial charge in [0.05, 0.1) is 16.7 Å². The molecule has 1 heterocycles. The van der Waals surface area contributed by atoms with Crippen molar-refractivity contribution in [3.63, 3.8) is 0 Å². The number of halogens is 1. The monoisotopic (exact) mass is 220 g/mol. The zero-order chi connectivity index (χ0) is 11.1. The summed E-state index contributed by atoms with van der Waals surface area (Å²) in [6, 6.07) is 5.57. The molecule has 0 aliphatic heterocycles. The van der Waals surface area contributed by atoms with Crippen molar-refractivity contribution in [3.8, 4) is 0 Å². The lowest BCUT2D eigenvalue weighted by Crippen LogP contribution is -2.13. The third-order valence-electron chi connectivity index (χ3n) is 2.27. The van der Waals surface area contributed by atoms with Crippen molar-refractivity contribution in [1.29, 1.82) is 0 Å². The molecule has 0 amide bonds. The van der Waals surface area contributed by atoms with Gasteiger partial charge in [-0.05, 0) is 18.2 Å². The van der Waals surface area contributed by atoms with Crippen molar-refractivity contribution in [3.05, 3.63) is 35.1 Å². The fourth-order valence-corrected chi connectivity index (χ4v) is 1.51. The molecule has 1 aromatic carbocycles. The normalized spacial score (nSPS) is 12.0. The van der Waals surface area contributed by atoms with Crippen LogP contribution in [0.25, 0.3) is 11.0 Å². The van der Waals surface area contributed by atoms with Gasteiger partial charge in [-0.2, -0.15) is 0 Å². The van der Waals surface area contributed by atoms with E-state index >= 15 is 0 Å². The Morgan fingerprint density at radius 3 is 2.53 bits per heavy atom. The quantitative estimate of drug-likeness (QED) is 0.678. The van der Waals surface area contributed by atoms with Crippen LogP contribution in [0.2, 0.25) is 5.02 Å². The van der Waals surface area contributed by atoms with Crippen molar-refractivity contribution in [2.45, 2.75) is 26.2 Å². The zero-order valence-corrected chi connectivity index (χ0v) is 9.84. The average Bonchev–Trinajstić information content (AvgIpc) is 2.15. The van der Waals surface area contributed by atoms with Gasteiger partial charge in [-0.25, -0.2) is 4.98 Å². The van der Waals surface area contributed by atoms with Crippen molar-refractivity contribution in [1.82, 2.24) is 9.97 Å². The van der Waals surface area contributed by atoms with E-state index in [4.69, 9.17) is 11.6 Å². The van der Waals surface area contributed by atoms with Crippen molar-refractivity contribution < 1.29 is 0 Å². The fourth-order valence-electron chi connectivity index (χ4n) is 1.35. The molecule has 0 atom stereocenters. The van der Waals surface area contributed by atoms with E-state index in [1.54, 1.807) is 0 Å². The van der Waals surface area contributed by atoms with Crippen LogP contribution in [0.1, 0.15) is 26.5 Å². The second kappa shape index (κ2) is 3.46. The molecule has 0 fully saturated rings. The molecule has 0 bridgehead atoms. The third kappa shape index (κ3) is 2.10. The molecule has 2 rings (SSSR count). The summed E-state index contributed by atoms with van der Waals surface area (Å²) in [6.07, 6.45) is 1.82. The highest BCUT2D eigenvalue weighted by molar-refractivity contribution is 6.31. The molecular formula is C12H13ClN2. The van der Waals surface area contributed by atoms with Gasteiger partial charge < -0.3 is 0 Å². The van der Waals surface area contributed by atoms with Crippen molar-refractivity contribution >= 4 is 22.6 Å². The highest BCUT2D eigenvalue weighted by Crippen LogP contribution is 2.22. The van der Waals surface area contributed by atoms with E-state index in [9.17, 15) is 0 Å². The maximum Gasteiger partial charge on any atom is 0.0901 e. The summed E-state index contributed by atoms with van der Waals surface area (Å²) >= 11 is 5.88. The third-order valence-corrected chi connectivity index (χ3v) is 2.51. The van der Waals surface area contributed by atoms with Gasteiger partial charge in [0, 0.05) is 16.6 Å². The van der Waals surface area contributed by atoms with Gasteiger partial charge in [0.2, 0.25) is 0 Å². The van der Waals surface area contributed by atoms with Crippen LogP contribution in [0.4, 0.5) is 0 Å². The number of hydrogen-bond donors (Lipinski definition) is 0. The summed E-state index contributed by atoms with van der Waals surface area (Å²) in [4.78, 5) is 8.93. The predicted octanol–water partition coefficient (Wildman–Crippen LogP) is 3.58. The Balaban J connectivity index is 2.62. The topological polar surface area (TPSA) is 25.8 Å². The molecule has 0 radical (unpaired) electrons. The Labute approximate surface area is 94.3 Å². The molecule has 0 aliphatic carbocycles. The Hall–Kier alpha value is -1.15. The van der Waals surface area contributed by atoms with E-state index in [1.165, 1.54) is 0 Å². The van der Waals surface area contributed by atoms with Crippen LogP contribution in [0.3, 0.4) is 0 Å². The Bertz CT molecular complexity index is 500. The standard InChI is InChI=1S/C12H13ClN2/c1-12(2,3)11-7-14-10-6-8(13)4-5-9(10)15-11/h4-7H,1-3H3. The number of nitrogens with zero attached hydrogens (tertiary/aromatic N) is 2. The smallest absolute Gasteiger partial charge is 0.0901 e. The van der Waals surface area contributed by atoms with Gasteiger partial charge in [0.1, 0.15) is 0 Å². The minimum absolute atomic E-state index is 0.0286. The molecule has 78 valence electrons. The maximum absolute atomic E-state index is 5.88. The van der Waals surface area contributed by atoms with E-state index in [0.717, 1.165) is 16.7 Å². The van der Waals surface area contributed by atoms with Crippen molar-refractivity contribution in [2.24, 2.45) is 0 Å². The minimum atomic E-state index is 0.0286. The van der Waals surface area contributed by atoms with Crippen LogP contribution in [-0.2, 0) is 5.41 Å². The summed E-state index contributed by atoms with van der Waals surface area (Å²) in [6.45, 7) is 6.37. The van der Waals surface area contributed by atoms with Crippen LogP contribution in [0, 0.1) is 0 Å². The molecule has 0 saturated carbocycles. The summed E-state index contributed by atoms with van der Waals surface area (Å²) in [5.41, 5.74) is 2.76. The van der Waals surface area contributed by atoms with Crippen LogP contribution >= 0.6 is 11.6 Å². The summed E-state index contributed by atoms with van der Waals surface area (Å²) in [5.74, 6) is 0. The zero-order valence-electron chi connectivity index (χ0n) is 9.08. The van der Waals surface area contributed by atoms with Gasteiger partial charge in [-0.3, -0.25) is 4.98 Å². The van der Waals surface area contributed by atoms with Crippen LogP contribution < -0.4 is 0 Å². The van der Waals surface area contributed by atoms with Gasteiger partial charge >= 0.3 is 0 Å². The van der Waals surface area contributed by atoms with Crippen LogP contribution in [-0.4, -0.2) is 9.97 Å². The molecular weight excluding hydrogens is 208 g/mol. The molecule has 1 aromatic heterocycles. The van der Waals surface area contributed by atoms with E-state index in [0.29, 0.717) is 5.02 Å². The fraction of sp³-hybridized carbons (Fsp3) is 0.333. The minimum Gasteiger partial charge on any atom is -0.253 e. The number of aromatic nitrogens is 2. The Kier molecular flexibility index (Phi) is 2.39. The molecule has 2 nitrogen and oxygen atoms in total. The predicted molar refractivity (Wildman–Crippen MR) is 63.2 cm³/mol. The number of fused-ring (bicyclic) bond motifs is 1. The lowest BCUT2D eigenvalue weighted by Gasteiger charge is -2.17. The van der Waals surface area contributed by atoms with Gasteiger partial charge in [-0.1, -0.05) is 32.4 Å². The Morgan fingerprint density at radius 2 is 1.87 bits per heavy atom. The largest absolute Gasteiger partial charge is 0.253 e. The molecule has 0 aliphatic rings. The molecule has 2 aromatic rings. The lowest BCUT2D eigenvalue weighted by atomic mass is 9.92. The first kappa shape index (κ1) is 10.4. The van der Waals surface area contributed by atoms with Gasteiger partial charge in [0.15, 0.2) is 0 Å². The number of rotatable bonds is 0. The maximum atomic E-state index is 5.88. The summed E-state index contributed by atoms with van der Waals surface area (Å²) < 4.78 is 0. The first-order valence-electron chi connectivity index (χ1n) is 4.89. The number of hydrogen-bond acceptors (Lipinski definition) is 2. The second-order valence-corrected chi connectivity index (χ2v) is 5.07. The molecule has 0 saturated heterocycles. The molecule has 3 heteroatoms. The highest BCUT2D eigenvalue weighted by atomic mass is 35.5. The summed E-state index contributed by atoms with van der Waals surface area (Å²) in [5, 5.41) is 0.695. The first-order chi connectivity index (χ1) is 6.97. The second-order valence-electron chi connectivity index (χ2n) is 4.64. The molecule has 0 N–H and O–H groups in total. The van der Waals surface area contributed by atoms with E-state index in [1.807, 2.05) is 24.4 Å². The van der Waals surface area contributed by atoms with Crippen LogP contribution in [0.15, 0.2) is 24.4 Å². The number of benzene rings is 1. The average molecular weight is 221 g/mol. The van der Waals surface area contributed by atoms with E-state index < -0.39 is 0 Å². The first-order valence-corrected chi connectivity index (χ1v) is 5.27. The lowest BCUT2D eigenvalue weighted by molar-refractivity contribution is 0.568. The molecule has 0 spiro atoms. The summed E-state index contributed by atoms with van der Waals surface area (Å²) in [7, 11) is 0. The Morgan fingerprint density at radius 1 is 1.13 bits per heavy atom. The SMILES string of the molecule is CC(C)(C)c1cnc2cc(Cl)ccc2n1. The van der Waals surface area contributed by atoms with Crippen LogP contribution in [0.5, 0.6) is 0 Å². The molecule has 0 unspecified atom stereocenters. The van der Waals surface area contributed by atoms with E-state index in [-0.39, 0.29) is 5.41 Å². The van der Waals surface area contributed by atoms with Crippen molar-refractivity contribution in [2.75, 3.05) is 0 Å².